The summed E-state index contributed by atoms with van der Waals surface area (Å²) < 4.78 is 5.35. The van der Waals surface area contributed by atoms with Gasteiger partial charge >= 0.3 is 0 Å². The van der Waals surface area contributed by atoms with Gasteiger partial charge < -0.3 is 15.0 Å². The predicted molar refractivity (Wildman–Crippen MR) is 104 cm³/mol. The zero-order chi connectivity index (χ0) is 18.9. The lowest BCUT2D eigenvalue weighted by atomic mass is 9.96. The predicted octanol–water partition coefficient (Wildman–Crippen LogP) is 3.55. The van der Waals surface area contributed by atoms with Crippen molar-refractivity contribution in [2.75, 3.05) is 26.7 Å². The summed E-state index contributed by atoms with van der Waals surface area (Å²) in [4.78, 5) is 27.2. The van der Waals surface area contributed by atoms with Crippen molar-refractivity contribution in [3.05, 3.63) is 29.3 Å². The van der Waals surface area contributed by atoms with Gasteiger partial charge in [0.05, 0.1) is 18.6 Å². The molecule has 0 aliphatic carbocycles. The molecule has 1 aromatic rings. The fourth-order valence-corrected chi connectivity index (χ4v) is 3.44. The summed E-state index contributed by atoms with van der Waals surface area (Å²) in [6, 6.07) is 5.62. The molecular formula is C21H32N2O3. The van der Waals surface area contributed by atoms with Gasteiger partial charge in [-0.15, -0.1) is 0 Å². The molecule has 5 heteroatoms. The number of piperidine rings is 1. The zero-order valence-electron chi connectivity index (χ0n) is 16.3. The number of unbranched alkanes of at least 4 members (excludes halogenated alkanes) is 3. The number of hydrogen-bond donors (Lipinski definition) is 1. The van der Waals surface area contributed by atoms with E-state index in [4.69, 9.17) is 4.74 Å². The van der Waals surface area contributed by atoms with E-state index < -0.39 is 0 Å². The van der Waals surface area contributed by atoms with Crippen LogP contribution in [0.1, 0.15) is 61.4 Å². The van der Waals surface area contributed by atoms with Gasteiger partial charge in [-0.1, -0.05) is 37.8 Å². The largest absolute Gasteiger partial charge is 0.496 e. The van der Waals surface area contributed by atoms with Crippen molar-refractivity contribution in [1.29, 1.82) is 0 Å². The van der Waals surface area contributed by atoms with E-state index in [9.17, 15) is 9.59 Å². The second kappa shape index (κ2) is 10.2. The maximum absolute atomic E-state index is 12.9. The van der Waals surface area contributed by atoms with Gasteiger partial charge in [-0.05, 0) is 38.3 Å². The van der Waals surface area contributed by atoms with Gasteiger partial charge in [0.15, 0.2) is 0 Å². The molecule has 1 aliphatic rings. The Balaban J connectivity index is 1.94. The minimum absolute atomic E-state index is 0.0500. The van der Waals surface area contributed by atoms with Crippen molar-refractivity contribution >= 4 is 11.8 Å². The van der Waals surface area contributed by atoms with E-state index in [2.05, 4.69) is 12.2 Å². The Morgan fingerprint density at radius 1 is 1.27 bits per heavy atom. The van der Waals surface area contributed by atoms with E-state index in [0.717, 1.165) is 37.8 Å². The lowest BCUT2D eigenvalue weighted by Gasteiger charge is -2.32. The number of hydrogen-bond acceptors (Lipinski definition) is 3. The molecule has 1 aromatic carbocycles. The maximum Gasteiger partial charge on any atom is 0.257 e. The molecule has 5 nitrogen and oxygen atoms in total. The SMILES string of the molecule is CCCCCCNC(=O)C1CCCN(C(=O)c2cc(C)ccc2OC)C1. The van der Waals surface area contributed by atoms with Crippen LogP contribution in [0.15, 0.2) is 18.2 Å². The topological polar surface area (TPSA) is 58.6 Å². The average molecular weight is 360 g/mol. The third-order valence-corrected chi connectivity index (χ3v) is 4.99. The van der Waals surface area contributed by atoms with Crippen LogP contribution in [-0.2, 0) is 4.79 Å². The highest BCUT2D eigenvalue weighted by Crippen LogP contribution is 2.24. The number of nitrogens with zero attached hydrogens (tertiary/aromatic N) is 1. The summed E-state index contributed by atoms with van der Waals surface area (Å²) >= 11 is 0. The highest BCUT2D eigenvalue weighted by Gasteiger charge is 2.29. The first-order chi connectivity index (χ1) is 12.6. The van der Waals surface area contributed by atoms with Crippen LogP contribution in [-0.4, -0.2) is 43.5 Å². The molecule has 0 aromatic heterocycles. The molecule has 144 valence electrons. The van der Waals surface area contributed by atoms with Gasteiger partial charge in [-0.25, -0.2) is 0 Å². The van der Waals surface area contributed by atoms with E-state index in [1.807, 2.05) is 25.1 Å². The van der Waals surface area contributed by atoms with E-state index in [1.165, 1.54) is 12.8 Å². The number of benzene rings is 1. The molecule has 0 bridgehead atoms. The first-order valence-corrected chi connectivity index (χ1v) is 9.78. The lowest BCUT2D eigenvalue weighted by Crippen LogP contribution is -2.45. The standard InChI is InChI=1S/C21H32N2O3/c1-4-5-6-7-12-22-20(24)17-9-8-13-23(15-17)21(25)18-14-16(2)10-11-19(18)26-3/h10-11,14,17H,4-9,12-13,15H2,1-3H3,(H,22,24). The second-order valence-electron chi connectivity index (χ2n) is 7.15. The summed E-state index contributed by atoms with van der Waals surface area (Å²) in [6.07, 6.45) is 6.27. The molecule has 1 aliphatic heterocycles. The summed E-state index contributed by atoms with van der Waals surface area (Å²) in [7, 11) is 1.58. The maximum atomic E-state index is 12.9. The van der Waals surface area contributed by atoms with E-state index >= 15 is 0 Å². The van der Waals surface area contributed by atoms with Crippen LogP contribution in [0.4, 0.5) is 0 Å². The summed E-state index contributed by atoms with van der Waals surface area (Å²) in [6.45, 7) is 6.04. The van der Waals surface area contributed by atoms with Crippen LogP contribution in [0.3, 0.4) is 0 Å². The van der Waals surface area contributed by atoms with Gasteiger partial charge in [-0.3, -0.25) is 9.59 Å². The first kappa shape index (κ1) is 20.3. The number of methoxy groups -OCH3 is 1. The summed E-state index contributed by atoms with van der Waals surface area (Å²) in [5.41, 5.74) is 1.60. The molecule has 0 radical (unpaired) electrons. The van der Waals surface area contributed by atoms with Crippen LogP contribution in [0, 0.1) is 12.8 Å². The zero-order valence-corrected chi connectivity index (χ0v) is 16.3. The molecule has 2 rings (SSSR count). The average Bonchev–Trinajstić information content (AvgIpc) is 2.67. The third kappa shape index (κ3) is 5.48. The molecule has 1 atom stereocenters. The van der Waals surface area contributed by atoms with Crippen LogP contribution in [0.25, 0.3) is 0 Å². The van der Waals surface area contributed by atoms with E-state index in [0.29, 0.717) is 24.4 Å². The number of aryl methyl sites for hydroxylation is 1. The van der Waals surface area contributed by atoms with Crippen LogP contribution in [0.5, 0.6) is 5.75 Å². The Morgan fingerprint density at radius 2 is 2.08 bits per heavy atom. The third-order valence-electron chi connectivity index (χ3n) is 4.99. The number of carbonyl (C=O) groups excluding carboxylic acids is 2. The van der Waals surface area contributed by atoms with Gasteiger partial charge in [0.1, 0.15) is 5.75 Å². The highest BCUT2D eigenvalue weighted by molar-refractivity contribution is 5.97. The number of carbonyl (C=O) groups is 2. The molecule has 1 unspecified atom stereocenters. The number of rotatable bonds is 8. The number of ether oxygens (including phenoxy) is 1. The normalized spacial score (nSPS) is 17.0. The molecule has 0 spiro atoms. The quantitative estimate of drug-likeness (QED) is 0.721. The first-order valence-electron chi connectivity index (χ1n) is 9.78. The van der Waals surface area contributed by atoms with Crippen LogP contribution < -0.4 is 10.1 Å². The Kier molecular flexibility index (Phi) is 7.95. The fraction of sp³-hybridized carbons (Fsp3) is 0.619. The summed E-state index contributed by atoms with van der Waals surface area (Å²) in [5, 5.41) is 3.04. The van der Waals surface area contributed by atoms with Crippen molar-refractivity contribution in [1.82, 2.24) is 10.2 Å². The van der Waals surface area contributed by atoms with Gasteiger partial charge in [0.2, 0.25) is 5.91 Å². The molecular weight excluding hydrogens is 328 g/mol. The smallest absolute Gasteiger partial charge is 0.257 e. The Bertz CT molecular complexity index is 615. The molecule has 1 fully saturated rings. The molecule has 26 heavy (non-hydrogen) atoms. The molecule has 1 heterocycles. The van der Waals surface area contributed by atoms with Gasteiger partial charge in [0.25, 0.3) is 5.91 Å². The van der Waals surface area contributed by atoms with Crippen molar-refractivity contribution in [3.8, 4) is 5.75 Å². The minimum Gasteiger partial charge on any atom is -0.496 e. The second-order valence-corrected chi connectivity index (χ2v) is 7.15. The Labute approximate surface area is 157 Å². The highest BCUT2D eigenvalue weighted by atomic mass is 16.5. The van der Waals surface area contributed by atoms with E-state index in [-0.39, 0.29) is 17.7 Å². The fourth-order valence-electron chi connectivity index (χ4n) is 3.44. The Morgan fingerprint density at radius 3 is 2.81 bits per heavy atom. The summed E-state index contributed by atoms with van der Waals surface area (Å²) in [5.74, 6) is 0.499. The number of amides is 2. The molecule has 2 amide bonds. The van der Waals surface area contributed by atoms with Crippen LogP contribution in [0.2, 0.25) is 0 Å². The van der Waals surface area contributed by atoms with E-state index in [1.54, 1.807) is 12.0 Å². The monoisotopic (exact) mass is 360 g/mol. The number of nitrogens with one attached hydrogen (secondary N) is 1. The van der Waals surface area contributed by atoms with Crippen molar-refractivity contribution in [3.63, 3.8) is 0 Å². The molecule has 1 N–H and O–H groups in total. The van der Waals surface area contributed by atoms with Gasteiger partial charge in [-0.2, -0.15) is 0 Å². The number of likely N-dealkylation sites (tertiary alicyclic amines) is 1. The lowest BCUT2D eigenvalue weighted by molar-refractivity contribution is -0.126. The van der Waals surface area contributed by atoms with Crippen molar-refractivity contribution in [2.45, 2.75) is 52.4 Å². The van der Waals surface area contributed by atoms with Crippen molar-refractivity contribution < 1.29 is 14.3 Å². The Hall–Kier alpha value is -2.04. The van der Waals surface area contributed by atoms with Gasteiger partial charge in [0, 0.05) is 19.6 Å². The molecule has 1 saturated heterocycles. The van der Waals surface area contributed by atoms with Crippen molar-refractivity contribution in [2.24, 2.45) is 5.92 Å². The molecule has 0 saturated carbocycles. The minimum atomic E-state index is -0.116. The van der Waals surface area contributed by atoms with Crippen LogP contribution >= 0.6 is 0 Å².